The van der Waals surface area contributed by atoms with Gasteiger partial charge in [-0.15, -0.1) is 0 Å². The first-order chi connectivity index (χ1) is 9.93. The molecule has 6 heteroatoms. The number of unbranched alkanes of at least 4 members (excludes halogenated alkanes) is 1. The van der Waals surface area contributed by atoms with Crippen LogP contribution >= 0.6 is 0 Å². The molecule has 0 aliphatic heterocycles. The number of carboxylic acid groups (broad SMARTS) is 1. The van der Waals surface area contributed by atoms with Crippen LogP contribution in [0.3, 0.4) is 0 Å². The van der Waals surface area contributed by atoms with Gasteiger partial charge in [0.2, 0.25) is 5.91 Å². The molecule has 21 heavy (non-hydrogen) atoms. The quantitative estimate of drug-likeness (QED) is 0.716. The monoisotopic (exact) mass is 292 g/mol. The Hall–Kier alpha value is -2.37. The molecule has 0 aromatic heterocycles. The molecule has 0 saturated heterocycles. The van der Waals surface area contributed by atoms with Gasteiger partial charge in [-0.3, -0.25) is 9.59 Å². The number of rotatable bonds is 7. The first-order valence-corrected chi connectivity index (χ1v) is 6.85. The van der Waals surface area contributed by atoms with Gasteiger partial charge in [-0.1, -0.05) is 25.8 Å². The largest absolute Gasteiger partial charge is 0.480 e. The van der Waals surface area contributed by atoms with E-state index in [2.05, 4.69) is 10.6 Å². The summed E-state index contributed by atoms with van der Waals surface area (Å²) in [5, 5.41) is 14.2. The zero-order valence-corrected chi connectivity index (χ0v) is 12.2. The van der Waals surface area contributed by atoms with Crippen LogP contribution in [0.25, 0.3) is 0 Å². The molecule has 0 unspecified atom stereocenters. The minimum absolute atomic E-state index is 0.237. The van der Waals surface area contributed by atoms with E-state index < -0.39 is 17.9 Å². The molecular weight excluding hydrogens is 272 g/mol. The zero-order chi connectivity index (χ0) is 15.8. The standard InChI is InChI=1S/C15H20N2O4/c1-3-4-8-13(15(20)21)17-14(19)11-6-5-7-12(9-11)16-10(2)18/h5-7,9,13H,3-4,8H2,1-2H3,(H,16,18)(H,17,19)(H,20,21)/t13-/m0/s1. The van der Waals surface area contributed by atoms with Gasteiger partial charge in [0.1, 0.15) is 6.04 Å². The predicted octanol–water partition coefficient (Wildman–Crippen LogP) is 2.02. The first-order valence-electron chi connectivity index (χ1n) is 6.85. The van der Waals surface area contributed by atoms with Gasteiger partial charge in [-0.2, -0.15) is 0 Å². The van der Waals surface area contributed by atoms with Gasteiger partial charge in [0.05, 0.1) is 0 Å². The van der Waals surface area contributed by atoms with Crippen molar-refractivity contribution in [3.8, 4) is 0 Å². The fourth-order valence-corrected chi connectivity index (χ4v) is 1.85. The average Bonchev–Trinajstić information content (AvgIpc) is 2.42. The van der Waals surface area contributed by atoms with Crippen molar-refractivity contribution in [1.82, 2.24) is 5.32 Å². The number of benzene rings is 1. The predicted molar refractivity (Wildman–Crippen MR) is 79.2 cm³/mol. The molecule has 114 valence electrons. The highest BCUT2D eigenvalue weighted by molar-refractivity contribution is 5.98. The van der Waals surface area contributed by atoms with Gasteiger partial charge in [-0.25, -0.2) is 4.79 Å². The Kier molecular flexibility index (Phi) is 6.39. The summed E-state index contributed by atoms with van der Waals surface area (Å²) in [6.45, 7) is 3.33. The third kappa shape index (κ3) is 5.64. The number of anilines is 1. The van der Waals surface area contributed by atoms with E-state index in [1.807, 2.05) is 6.92 Å². The van der Waals surface area contributed by atoms with Crippen molar-refractivity contribution in [2.24, 2.45) is 0 Å². The SMILES string of the molecule is CCCC[C@H](NC(=O)c1cccc(NC(C)=O)c1)C(=O)O. The number of carboxylic acids is 1. The smallest absolute Gasteiger partial charge is 0.326 e. The Balaban J connectivity index is 2.77. The van der Waals surface area contributed by atoms with Crippen molar-refractivity contribution >= 4 is 23.5 Å². The summed E-state index contributed by atoms with van der Waals surface area (Å²) in [4.78, 5) is 34.2. The second kappa shape index (κ2) is 8.04. The molecule has 0 heterocycles. The van der Waals surface area contributed by atoms with E-state index in [1.54, 1.807) is 18.2 Å². The van der Waals surface area contributed by atoms with Gasteiger partial charge < -0.3 is 15.7 Å². The highest BCUT2D eigenvalue weighted by atomic mass is 16.4. The highest BCUT2D eigenvalue weighted by Gasteiger charge is 2.20. The van der Waals surface area contributed by atoms with Crippen molar-refractivity contribution < 1.29 is 19.5 Å². The molecule has 1 rings (SSSR count). The molecule has 1 aromatic rings. The van der Waals surface area contributed by atoms with Crippen molar-refractivity contribution in [3.05, 3.63) is 29.8 Å². The van der Waals surface area contributed by atoms with Gasteiger partial charge >= 0.3 is 5.97 Å². The van der Waals surface area contributed by atoms with Gasteiger partial charge in [0, 0.05) is 18.2 Å². The number of amides is 2. The van der Waals surface area contributed by atoms with Crippen LogP contribution in [0.4, 0.5) is 5.69 Å². The number of carbonyl (C=O) groups excluding carboxylic acids is 2. The van der Waals surface area contributed by atoms with Crippen LogP contribution in [0.2, 0.25) is 0 Å². The molecule has 1 aromatic carbocycles. The summed E-state index contributed by atoms with van der Waals surface area (Å²) in [7, 11) is 0. The summed E-state index contributed by atoms with van der Waals surface area (Å²) in [6.07, 6.45) is 1.98. The summed E-state index contributed by atoms with van der Waals surface area (Å²) >= 11 is 0. The Labute approximate surface area is 123 Å². The van der Waals surface area contributed by atoms with E-state index in [0.717, 1.165) is 12.8 Å². The second-order valence-electron chi connectivity index (χ2n) is 4.77. The molecule has 0 spiro atoms. The van der Waals surface area contributed by atoms with Crippen LogP contribution in [0, 0.1) is 0 Å². The van der Waals surface area contributed by atoms with Crippen LogP contribution in [-0.2, 0) is 9.59 Å². The van der Waals surface area contributed by atoms with Crippen molar-refractivity contribution in [2.75, 3.05) is 5.32 Å². The van der Waals surface area contributed by atoms with Gasteiger partial charge in [0.15, 0.2) is 0 Å². The fraction of sp³-hybridized carbons (Fsp3) is 0.400. The van der Waals surface area contributed by atoms with Crippen LogP contribution < -0.4 is 10.6 Å². The Morgan fingerprint density at radius 3 is 2.57 bits per heavy atom. The van der Waals surface area contributed by atoms with E-state index in [9.17, 15) is 14.4 Å². The van der Waals surface area contributed by atoms with Crippen LogP contribution in [0.5, 0.6) is 0 Å². The lowest BCUT2D eigenvalue weighted by Gasteiger charge is -2.14. The Morgan fingerprint density at radius 1 is 1.29 bits per heavy atom. The molecule has 0 radical (unpaired) electrons. The summed E-state index contributed by atoms with van der Waals surface area (Å²) in [6, 6.07) is 5.46. The maximum absolute atomic E-state index is 12.1. The van der Waals surface area contributed by atoms with Crippen LogP contribution in [0.15, 0.2) is 24.3 Å². The first kappa shape index (κ1) is 16.7. The number of hydrogen-bond acceptors (Lipinski definition) is 3. The number of hydrogen-bond donors (Lipinski definition) is 3. The molecule has 0 aliphatic carbocycles. The van der Waals surface area contributed by atoms with E-state index in [-0.39, 0.29) is 5.91 Å². The lowest BCUT2D eigenvalue weighted by Crippen LogP contribution is -2.40. The lowest BCUT2D eigenvalue weighted by molar-refractivity contribution is -0.139. The van der Waals surface area contributed by atoms with Crippen molar-refractivity contribution in [1.29, 1.82) is 0 Å². The topological polar surface area (TPSA) is 95.5 Å². The zero-order valence-electron chi connectivity index (χ0n) is 12.2. The van der Waals surface area contributed by atoms with E-state index >= 15 is 0 Å². The minimum atomic E-state index is -1.05. The van der Waals surface area contributed by atoms with E-state index in [0.29, 0.717) is 17.7 Å². The van der Waals surface area contributed by atoms with E-state index in [4.69, 9.17) is 5.11 Å². The third-order valence-electron chi connectivity index (χ3n) is 2.89. The molecule has 0 bridgehead atoms. The average molecular weight is 292 g/mol. The normalized spacial score (nSPS) is 11.5. The summed E-state index contributed by atoms with van der Waals surface area (Å²) in [5.74, 6) is -1.75. The maximum Gasteiger partial charge on any atom is 0.326 e. The highest BCUT2D eigenvalue weighted by Crippen LogP contribution is 2.11. The molecule has 0 saturated carbocycles. The van der Waals surface area contributed by atoms with Gasteiger partial charge in [0.25, 0.3) is 5.91 Å². The lowest BCUT2D eigenvalue weighted by atomic mass is 10.1. The molecule has 0 fully saturated rings. The van der Waals surface area contributed by atoms with E-state index in [1.165, 1.54) is 13.0 Å². The summed E-state index contributed by atoms with van der Waals surface area (Å²) < 4.78 is 0. The molecule has 1 atom stereocenters. The number of carbonyl (C=O) groups is 3. The minimum Gasteiger partial charge on any atom is -0.480 e. The fourth-order valence-electron chi connectivity index (χ4n) is 1.85. The molecular formula is C15H20N2O4. The second-order valence-corrected chi connectivity index (χ2v) is 4.77. The van der Waals surface area contributed by atoms with Crippen LogP contribution in [0.1, 0.15) is 43.5 Å². The van der Waals surface area contributed by atoms with Crippen LogP contribution in [-0.4, -0.2) is 28.9 Å². The van der Waals surface area contributed by atoms with Gasteiger partial charge in [-0.05, 0) is 24.6 Å². The number of nitrogens with one attached hydrogen (secondary N) is 2. The van der Waals surface area contributed by atoms with Crippen molar-refractivity contribution in [3.63, 3.8) is 0 Å². The maximum atomic E-state index is 12.1. The summed E-state index contributed by atoms with van der Waals surface area (Å²) in [5.41, 5.74) is 0.805. The molecule has 6 nitrogen and oxygen atoms in total. The number of aliphatic carboxylic acids is 1. The molecule has 2 amide bonds. The molecule has 3 N–H and O–H groups in total. The molecule has 0 aliphatic rings. The third-order valence-corrected chi connectivity index (χ3v) is 2.89. The van der Waals surface area contributed by atoms with Crippen molar-refractivity contribution in [2.45, 2.75) is 39.2 Å². The Morgan fingerprint density at radius 2 is 2.00 bits per heavy atom. The Bertz CT molecular complexity index is 528.